The summed E-state index contributed by atoms with van der Waals surface area (Å²) in [4.78, 5) is 2.54. The molecule has 1 heterocycles. The molecule has 0 aromatic heterocycles. The van der Waals surface area contributed by atoms with Gasteiger partial charge in [0.05, 0.1) is 6.61 Å². The zero-order chi connectivity index (χ0) is 11.5. The molecule has 1 fully saturated rings. The van der Waals surface area contributed by atoms with Gasteiger partial charge in [0.1, 0.15) is 0 Å². The topological polar surface area (TPSA) is 24.5 Å². The van der Waals surface area contributed by atoms with Crippen LogP contribution in [0.5, 0.6) is 0 Å². The van der Waals surface area contributed by atoms with Crippen LogP contribution in [0, 0.1) is 0 Å². The number of hydrogen-bond donors (Lipinski definition) is 1. The molecule has 4 heteroatoms. The molecule has 0 saturated carbocycles. The summed E-state index contributed by atoms with van der Waals surface area (Å²) in [5.74, 6) is 2.61. The van der Waals surface area contributed by atoms with Crippen molar-refractivity contribution in [3.05, 3.63) is 0 Å². The van der Waals surface area contributed by atoms with Crippen molar-refractivity contribution in [2.75, 3.05) is 57.4 Å². The summed E-state index contributed by atoms with van der Waals surface area (Å²) < 4.78 is 5.49. The van der Waals surface area contributed by atoms with Crippen molar-refractivity contribution < 1.29 is 4.74 Å². The second-order valence-corrected chi connectivity index (χ2v) is 5.39. The molecule has 0 aromatic carbocycles. The summed E-state index contributed by atoms with van der Waals surface area (Å²) in [6.45, 7) is 9.78. The lowest BCUT2D eigenvalue weighted by Crippen LogP contribution is -2.38. The molecule has 0 atom stereocenters. The third-order valence-electron chi connectivity index (χ3n) is 2.77. The Kier molecular flexibility index (Phi) is 9.28. The Hall–Kier alpha value is 0.230. The van der Waals surface area contributed by atoms with E-state index >= 15 is 0 Å². The van der Waals surface area contributed by atoms with Crippen LogP contribution in [-0.4, -0.2) is 62.3 Å². The standard InChI is InChI=1S/C12H26N2OS/c1-2-3-9-15-10-5-13-4-6-14-7-11-16-12-8-14/h13H,2-12H2,1H3. The maximum atomic E-state index is 5.49. The maximum Gasteiger partial charge on any atom is 0.0590 e. The largest absolute Gasteiger partial charge is 0.380 e. The van der Waals surface area contributed by atoms with Gasteiger partial charge < -0.3 is 15.0 Å². The minimum atomic E-state index is 0.857. The lowest BCUT2D eigenvalue weighted by molar-refractivity contribution is 0.132. The second kappa shape index (κ2) is 10.4. The Morgan fingerprint density at radius 3 is 2.75 bits per heavy atom. The Morgan fingerprint density at radius 2 is 2.00 bits per heavy atom. The Morgan fingerprint density at radius 1 is 1.19 bits per heavy atom. The number of hydrogen-bond acceptors (Lipinski definition) is 4. The van der Waals surface area contributed by atoms with Crippen LogP contribution in [-0.2, 0) is 4.74 Å². The highest BCUT2D eigenvalue weighted by molar-refractivity contribution is 7.99. The molecule has 1 rings (SSSR count). The molecule has 0 aliphatic carbocycles. The zero-order valence-electron chi connectivity index (χ0n) is 10.5. The van der Waals surface area contributed by atoms with Crippen LogP contribution in [0.1, 0.15) is 19.8 Å². The van der Waals surface area contributed by atoms with Gasteiger partial charge in [-0.25, -0.2) is 0 Å². The summed E-state index contributed by atoms with van der Waals surface area (Å²) >= 11 is 2.07. The highest BCUT2D eigenvalue weighted by atomic mass is 32.2. The number of thioether (sulfide) groups is 1. The molecule has 1 N–H and O–H groups in total. The van der Waals surface area contributed by atoms with Gasteiger partial charge in [-0.1, -0.05) is 13.3 Å². The summed E-state index contributed by atoms with van der Waals surface area (Å²) in [6.07, 6.45) is 2.41. The van der Waals surface area contributed by atoms with Crippen LogP contribution in [0.25, 0.3) is 0 Å². The van der Waals surface area contributed by atoms with Gasteiger partial charge in [-0.05, 0) is 6.42 Å². The van der Waals surface area contributed by atoms with Crippen molar-refractivity contribution in [3.63, 3.8) is 0 Å². The molecule has 0 amide bonds. The number of unbranched alkanes of at least 4 members (excludes halogenated alkanes) is 1. The molecule has 0 unspecified atom stereocenters. The van der Waals surface area contributed by atoms with Crippen LogP contribution in [0.4, 0.5) is 0 Å². The average molecular weight is 246 g/mol. The lowest BCUT2D eigenvalue weighted by atomic mass is 10.4. The van der Waals surface area contributed by atoms with Crippen LogP contribution < -0.4 is 5.32 Å². The fourth-order valence-electron chi connectivity index (χ4n) is 1.68. The van der Waals surface area contributed by atoms with E-state index in [4.69, 9.17) is 4.74 Å². The number of nitrogens with zero attached hydrogens (tertiary/aromatic N) is 1. The van der Waals surface area contributed by atoms with Crippen molar-refractivity contribution in [3.8, 4) is 0 Å². The van der Waals surface area contributed by atoms with E-state index in [0.29, 0.717) is 0 Å². The van der Waals surface area contributed by atoms with Gasteiger partial charge in [-0.2, -0.15) is 11.8 Å². The molecule has 1 aliphatic rings. The van der Waals surface area contributed by atoms with Crippen molar-refractivity contribution in [2.24, 2.45) is 0 Å². The summed E-state index contributed by atoms with van der Waals surface area (Å²) in [7, 11) is 0. The van der Waals surface area contributed by atoms with Crippen molar-refractivity contribution in [1.29, 1.82) is 0 Å². The number of ether oxygens (including phenoxy) is 1. The van der Waals surface area contributed by atoms with E-state index in [1.807, 2.05) is 0 Å². The third kappa shape index (κ3) is 7.49. The van der Waals surface area contributed by atoms with Gasteiger partial charge in [-0.15, -0.1) is 0 Å². The molecule has 1 saturated heterocycles. The highest BCUT2D eigenvalue weighted by Crippen LogP contribution is 2.07. The van der Waals surface area contributed by atoms with Crippen molar-refractivity contribution >= 4 is 11.8 Å². The summed E-state index contributed by atoms with van der Waals surface area (Å²) in [5, 5.41) is 3.44. The molecule has 0 bridgehead atoms. The van der Waals surface area contributed by atoms with Gasteiger partial charge in [0.2, 0.25) is 0 Å². The Bertz CT molecular complexity index is 152. The zero-order valence-corrected chi connectivity index (χ0v) is 11.4. The molecule has 3 nitrogen and oxygen atoms in total. The molecule has 16 heavy (non-hydrogen) atoms. The van der Waals surface area contributed by atoms with E-state index in [2.05, 4.69) is 28.9 Å². The molecule has 0 radical (unpaired) electrons. The minimum Gasteiger partial charge on any atom is -0.380 e. The molecule has 1 aliphatic heterocycles. The molecule has 0 spiro atoms. The van der Waals surface area contributed by atoms with E-state index < -0.39 is 0 Å². The molecule has 0 aromatic rings. The predicted molar refractivity (Wildman–Crippen MR) is 72.4 cm³/mol. The first-order chi connectivity index (χ1) is 7.93. The fourth-order valence-corrected chi connectivity index (χ4v) is 2.66. The summed E-state index contributed by atoms with van der Waals surface area (Å²) in [6, 6.07) is 0. The van der Waals surface area contributed by atoms with Crippen LogP contribution >= 0.6 is 11.8 Å². The van der Waals surface area contributed by atoms with E-state index in [1.165, 1.54) is 44.0 Å². The second-order valence-electron chi connectivity index (χ2n) is 4.17. The molecule has 96 valence electrons. The van der Waals surface area contributed by atoms with Crippen LogP contribution in [0.15, 0.2) is 0 Å². The van der Waals surface area contributed by atoms with Crippen molar-refractivity contribution in [1.82, 2.24) is 10.2 Å². The van der Waals surface area contributed by atoms with Gasteiger partial charge >= 0.3 is 0 Å². The molecular weight excluding hydrogens is 220 g/mol. The Balaban J connectivity index is 1.77. The SMILES string of the molecule is CCCCOCCNCCN1CCSCC1. The normalized spacial score (nSPS) is 17.8. The van der Waals surface area contributed by atoms with Crippen molar-refractivity contribution in [2.45, 2.75) is 19.8 Å². The minimum absolute atomic E-state index is 0.857. The van der Waals surface area contributed by atoms with Gasteiger partial charge in [-0.3, -0.25) is 0 Å². The predicted octanol–water partition coefficient (Wildman–Crippen LogP) is 1.44. The van der Waals surface area contributed by atoms with Gasteiger partial charge in [0.15, 0.2) is 0 Å². The Labute approximate surface area is 104 Å². The maximum absolute atomic E-state index is 5.49. The van der Waals surface area contributed by atoms with E-state index in [-0.39, 0.29) is 0 Å². The quantitative estimate of drug-likeness (QED) is 0.622. The van der Waals surface area contributed by atoms with E-state index in [9.17, 15) is 0 Å². The molecular formula is C12H26N2OS. The van der Waals surface area contributed by atoms with Crippen LogP contribution in [0.3, 0.4) is 0 Å². The number of rotatable bonds is 9. The summed E-state index contributed by atoms with van der Waals surface area (Å²) in [5.41, 5.74) is 0. The third-order valence-corrected chi connectivity index (χ3v) is 3.72. The average Bonchev–Trinajstić information content (AvgIpc) is 2.34. The van der Waals surface area contributed by atoms with E-state index in [0.717, 1.165) is 26.3 Å². The first-order valence-electron chi connectivity index (χ1n) is 6.52. The van der Waals surface area contributed by atoms with Gasteiger partial charge in [0, 0.05) is 50.8 Å². The first-order valence-corrected chi connectivity index (χ1v) is 7.67. The highest BCUT2D eigenvalue weighted by Gasteiger charge is 2.08. The lowest BCUT2D eigenvalue weighted by Gasteiger charge is -2.26. The van der Waals surface area contributed by atoms with E-state index in [1.54, 1.807) is 0 Å². The first kappa shape index (κ1) is 14.3. The van der Waals surface area contributed by atoms with Crippen LogP contribution in [0.2, 0.25) is 0 Å². The van der Waals surface area contributed by atoms with Gasteiger partial charge in [0.25, 0.3) is 0 Å². The fraction of sp³-hybridized carbons (Fsp3) is 1.00. The smallest absolute Gasteiger partial charge is 0.0590 e. The number of nitrogens with one attached hydrogen (secondary N) is 1. The monoisotopic (exact) mass is 246 g/mol.